The maximum absolute atomic E-state index is 12.2. The molecule has 2 aromatic carbocycles. The lowest BCUT2D eigenvalue weighted by Gasteiger charge is -2.27. The number of ether oxygens (including phenoxy) is 1. The average Bonchev–Trinajstić information content (AvgIpc) is 3.29. The van der Waals surface area contributed by atoms with Crippen LogP contribution in [-0.2, 0) is 0 Å². The lowest BCUT2D eigenvalue weighted by Crippen LogP contribution is -2.20. The van der Waals surface area contributed by atoms with E-state index >= 15 is 0 Å². The first-order valence-corrected chi connectivity index (χ1v) is 9.56. The second-order valence-corrected chi connectivity index (χ2v) is 8.10. The van der Waals surface area contributed by atoms with Crippen molar-refractivity contribution in [1.29, 1.82) is 0 Å². The van der Waals surface area contributed by atoms with E-state index in [0.717, 1.165) is 22.7 Å². The summed E-state index contributed by atoms with van der Waals surface area (Å²) in [4.78, 5) is 0. The van der Waals surface area contributed by atoms with E-state index in [-0.39, 0.29) is 5.75 Å². The normalized spacial score (nSPS) is 27.4. The minimum absolute atomic E-state index is 0.203. The van der Waals surface area contributed by atoms with Crippen LogP contribution < -0.4 is 10.1 Å². The molecule has 1 spiro atoms. The van der Waals surface area contributed by atoms with Crippen molar-refractivity contribution in [3.8, 4) is 16.9 Å². The zero-order chi connectivity index (χ0) is 19.1. The first kappa shape index (κ1) is 18.2. The Hall–Kier alpha value is -2.17. The first-order valence-electron chi connectivity index (χ1n) is 9.56. The van der Waals surface area contributed by atoms with Crippen molar-refractivity contribution in [3.63, 3.8) is 0 Å². The van der Waals surface area contributed by atoms with Crippen molar-refractivity contribution >= 4 is 5.69 Å². The fraction of sp³-hybridized carbons (Fsp3) is 0.455. The van der Waals surface area contributed by atoms with Gasteiger partial charge in [-0.15, -0.1) is 13.2 Å². The van der Waals surface area contributed by atoms with Crippen LogP contribution in [0.1, 0.15) is 39.0 Å². The topological polar surface area (TPSA) is 21.3 Å². The molecule has 4 rings (SSSR count). The summed E-state index contributed by atoms with van der Waals surface area (Å²) in [5.74, 6) is 0.662. The lowest BCUT2D eigenvalue weighted by atomic mass is 9.80. The van der Waals surface area contributed by atoms with Crippen molar-refractivity contribution in [2.75, 3.05) is 5.32 Å². The van der Waals surface area contributed by atoms with Crippen LogP contribution in [0.15, 0.2) is 48.5 Å². The molecule has 27 heavy (non-hydrogen) atoms. The Balaban J connectivity index is 1.37. The second kappa shape index (κ2) is 6.77. The van der Waals surface area contributed by atoms with E-state index in [1.807, 2.05) is 24.3 Å². The van der Waals surface area contributed by atoms with Crippen molar-refractivity contribution in [2.45, 2.75) is 51.4 Å². The molecule has 0 saturated heterocycles. The van der Waals surface area contributed by atoms with Gasteiger partial charge in [-0.3, -0.25) is 0 Å². The van der Waals surface area contributed by atoms with E-state index in [1.54, 1.807) is 12.1 Å². The van der Waals surface area contributed by atoms with Crippen LogP contribution >= 0.6 is 0 Å². The Labute approximate surface area is 157 Å². The van der Waals surface area contributed by atoms with E-state index in [9.17, 15) is 13.2 Å². The number of rotatable bonds is 4. The van der Waals surface area contributed by atoms with E-state index in [0.29, 0.717) is 11.5 Å². The van der Waals surface area contributed by atoms with Crippen LogP contribution in [-0.4, -0.2) is 12.4 Å². The first-order chi connectivity index (χ1) is 12.8. The number of halogens is 3. The third-order valence-corrected chi connectivity index (χ3v) is 6.11. The van der Waals surface area contributed by atoms with Crippen molar-refractivity contribution in [1.82, 2.24) is 0 Å². The van der Waals surface area contributed by atoms with Gasteiger partial charge in [0.15, 0.2) is 0 Å². The number of hydrogen-bond acceptors (Lipinski definition) is 2. The smallest absolute Gasteiger partial charge is 0.406 e. The van der Waals surface area contributed by atoms with E-state index in [4.69, 9.17) is 0 Å². The Kier molecular flexibility index (Phi) is 4.57. The average molecular weight is 375 g/mol. The molecule has 2 aromatic rings. The molecule has 2 aliphatic rings. The van der Waals surface area contributed by atoms with E-state index < -0.39 is 6.36 Å². The van der Waals surface area contributed by atoms with Gasteiger partial charge in [0.1, 0.15) is 5.75 Å². The SMILES string of the molecule is CC1CCC2(CC1)C[C@H]2Nc1ccc(-c2ccc(OC(F)(F)F)cc2)cc1. The molecule has 1 N–H and O–H groups in total. The van der Waals surface area contributed by atoms with Crippen LogP contribution in [0.2, 0.25) is 0 Å². The van der Waals surface area contributed by atoms with E-state index in [1.165, 1.54) is 44.2 Å². The van der Waals surface area contributed by atoms with Gasteiger partial charge >= 0.3 is 6.36 Å². The molecule has 2 aliphatic carbocycles. The third kappa shape index (κ3) is 4.23. The number of anilines is 1. The lowest BCUT2D eigenvalue weighted by molar-refractivity contribution is -0.274. The van der Waals surface area contributed by atoms with Gasteiger partial charge in [0.25, 0.3) is 0 Å². The van der Waals surface area contributed by atoms with Gasteiger partial charge < -0.3 is 10.1 Å². The van der Waals surface area contributed by atoms with Gasteiger partial charge in [0.05, 0.1) is 0 Å². The number of hydrogen-bond donors (Lipinski definition) is 1. The van der Waals surface area contributed by atoms with Crippen molar-refractivity contribution < 1.29 is 17.9 Å². The minimum atomic E-state index is -4.66. The highest BCUT2D eigenvalue weighted by Gasteiger charge is 2.54. The molecule has 2 fully saturated rings. The molecule has 0 heterocycles. The quantitative estimate of drug-likeness (QED) is 0.647. The maximum atomic E-state index is 12.2. The van der Waals surface area contributed by atoms with Gasteiger partial charge in [0, 0.05) is 11.7 Å². The summed E-state index contributed by atoms with van der Waals surface area (Å²) in [6, 6.07) is 14.6. The number of alkyl halides is 3. The molecule has 1 atom stereocenters. The summed E-state index contributed by atoms with van der Waals surface area (Å²) in [6.07, 6.45) is 1.94. The minimum Gasteiger partial charge on any atom is -0.406 e. The standard InChI is InChI=1S/C22H24F3NO/c1-15-10-12-21(13-11-15)14-20(21)26-18-6-2-16(3-7-18)17-4-8-19(9-5-17)27-22(23,24)25/h2-9,15,20,26H,10-14H2,1H3/t15?,20-,21?/m1/s1. The summed E-state index contributed by atoms with van der Waals surface area (Å²) in [7, 11) is 0. The Morgan fingerprint density at radius 1 is 0.926 bits per heavy atom. The fourth-order valence-electron chi connectivity index (χ4n) is 4.25. The summed E-state index contributed by atoms with van der Waals surface area (Å²) >= 11 is 0. The molecule has 0 radical (unpaired) electrons. The monoisotopic (exact) mass is 375 g/mol. The van der Waals surface area contributed by atoms with E-state index in [2.05, 4.69) is 17.0 Å². The van der Waals surface area contributed by atoms with Gasteiger partial charge in [-0.25, -0.2) is 0 Å². The molecule has 0 aliphatic heterocycles. The largest absolute Gasteiger partial charge is 0.573 e. The summed E-state index contributed by atoms with van der Waals surface area (Å²) in [6.45, 7) is 2.35. The Morgan fingerprint density at radius 3 is 2.04 bits per heavy atom. The van der Waals surface area contributed by atoms with Crippen molar-refractivity contribution in [2.24, 2.45) is 11.3 Å². The Morgan fingerprint density at radius 2 is 1.48 bits per heavy atom. The zero-order valence-electron chi connectivity index (χ0n) is 15.4. The van der Waals surface area contributed by atoms with Crippen LogP contribution in [0.5, 0.6) is 5.75 Å². The Bertz CT molecular complexity index is 775. The predicted octanol–water partition coefficient (Wildman–Crippen LogP) is 6.63. The fourth-order valence-corrected chi connectivity index (χ4v) is 4.25. The highest BCUT2D eigenvalue weighted by molar-refractivity contribution is 5.67. The van der Waals surface area contributed by atoms with Gasteiger partial charge in [-0.05, 0) is 66.0 Å². The van der Waals surface area contributed by atoms with Crippen LogP contribution in [0.4, 0.5) is 18.9 Å². The summed E-state index contributed by atoms with van der Waals surface area (Å²) in [5, 5.41) is 3.66. The third-order valence-electron chi connectivity index (χ3n) is 6.11. The zero-order valence-corrected chi connectivity index (χ0v) is 15.4. The van der Waals surface area contributed by atoms with Crippen LogP contribution in [0.3, 0.4) is 0 Å². The van der Waals surface area contributed by atoms with Gasteiger partial charge in [0.2, 0.25) is 0 Å². The molecule has 0 aromatic heterocycles. The highest BCUT2D eigenvalue weighted by Crippen LogP contribution is 2.58. The van der Waals surface area contributed by atoms with Crippen LogP contribution in [0, 0.1) is 11.3 Å². The molecule has 5 heteroatoms. The molecule has 144 valence electrons. The molecular weight excluding hydrogens is 351 g/mol. The number of benzene rings is 2. The predicted molar refractivity (Wildman–Crippen MR) is 101 cm³/mol. The second-order valence-electron chi connectivity index (χ2n) is 8.10. The molecule has 2 saturated carbocycles. The molecule has 0 amide bonds. The molecule has 0 bridgehead atoms. The molecule has 2 nitrogen and oxygen atoms in total. The van der Waals surface area contributed by atoms with Gasteiger partial charge in [-0.2, -0.15) is 0 Å². The molecule has 0 unspecified atom stereocenters. The van der Waals surface area contributed by atoms with Gasteiger partial charge in [-0.1, -0.05) is 44.0 Å². The summed E-state index contributed by atoms with van der Waals surface area (Å²) < 4.78 is 40.6. The number of nitrogens with one attached hydrogen (secondary N) is 1. The van der Waals surface area contributed by atoms with Crippen molar-refractivity contribution in [3.05, 3.63) is 48.5 Å². The summed E-state index contributed by atoms with van der Waals surface area (Å²) in [5.41, 5.74) is 3.45. The van der Waals surface area contributed by atoms with Crippen LogP contribution in [0.25, 0.3) is 11.1 Å². The maximum Gasteiger partial charge on any atom is 0.573 e. The molecular formula is C22H24F3NO. The highest BCUT2D eigenvalue weighted by atomic mass is 19.4.